The summed E-state index contributed by atoms with van der Waals surface area (Å²) < 4.78 is 21.8. The van der Waals surface area contributed by atoms with E-state index in [4.69, 9.17) is 16.3 Å². The molecule has 0 aliphatic carbocycles. The summed E-state index contributed by atoms with van der Waals surface area (Å²) in [5.41, 5.74) is 3.18. The van der Waals surface area contributed by atoms with Crippen LogP contribution in [0.2, 0.25) is 5.15 Å². The fraction of sp³-hybridized carbons (Fsp3) is 0.457. The Hall–Kier alpha value is -4.29. The van der Waals surface area contributed by atoms with Crippen LogP contribution in [0.3, 0.4) is 0 Å². The lowest BCUT2D eigenvalue weighted by Gasteiger charge is -2.43. The van der Waals surface area contributed by atoms with Crippen molar-refractivity contribution in [2.45, 2.75) is 52.6 Å². The number of likely N-dealkylation sites (tertiary alicyclic amines) is 2. The summed E-state index contributed by atoms with van der Waals surface area (Å²) >= 11 is 5.84. The Morgan fingerprint density at radius 2 is 1.85 bits per heavy atom. The van der Waals surface area contributed by atoms with Gasteiger partial charge in [0.15, 0.2) is 11.5 Å². The average molecular weight is 677 g/mol. The maximum Gasteiger partial charge on any atom is 0.410 e. The molecule has 11 nitrogen and oxygen atoms in total. The van der Waals surface area contributed by atoms with E-state index in [1.165, 1.54) is 6.07 Å². The number of rotatable bonds is 9. The van der Waals surface area contributed by atoms with Crippen molar-refractivity contribution in [3.8, 4) is 11.3 Å². The van der Waals surface area contributed by atoms with Gasteiger partial charge in [-0.25, -0.2) is 19.7 Å². The van der Waals surface area contributed by atoms with Crippen LogP contribution < -0.4 is 10.6 Å². The summed E-state index contributed by atoms with van der Waals surface area (Å²) in [5, 5.41) is 6.57. The van der Waals surface area contributed by atoms with E-state index in [1.807, 2.05) is 45.9 Å². The summed E-state index contributed by atoms with van der Waals surface area (Å²) in [6.07, 6.45) is 7.40. The van der Waals surface area contributed by atoms with Gasteiger partial charge in [0.2, 0.25) is 5.95 Å². The molecule has 4 aromatic rings. The lowest BCUT2D eigenvalue weighted by molar-refractivity contribution is -0.00806. The Labute approximate surface area is 284 Å². The first-order chi connectivity index (χ1) is 23.0. The van der Waals surface area contributed by atoms with Crippen molar-refractivity contribution in [3.63, 3.8) is 0 Å². The van der Waals surface area contributed by atoms with E-state index in [2.05, 4.69) is 30.5 Å². The fourth-order valence-corrected chi connectivity index (χ4v) is 6.50. The maximum atomic E-state index is 14.6. The second kappa shape index (κ2) is 14.1. The molecule has 2 amide bonds. The van der Waals surface area contributed by atoms with Crippen LogP contribution in [0.5, 0.6) is 0 Å². The Kier molecular flexibility index (Phi) is 9.84. The quantitative estimate of drug-likeness (QED) is 0.201. The Morgan fingerprint density at radius 3 is 2.56 bits per heavy atom. The van der Waals surface area contributed by atoms with Crippen molar-refractivity contribution >= 4 is 40.8 Å². The molecule has 0 atom stereocenters. The number of imidazole rings is 1. The largest absolute Gasteiger partial charge is 0.444 e. The van der Waals surface area contributed by atoms with Gasteiger partial charge in [-0.05, 0) is 94.9 Å². The zero-order chi connectivity index (χ0) is 34.0. The average Bonchev–Trinajstić information content (AvgIpc) is 3.46. The van der Waals surface area contributed by atoms with E-state index in [-0.39, 0.29) is 22.7 Å². The molecule has 0 unspecified atom stereocenters. The zero-order valence-electron chi connectivity index (χ0n) is 27.8. The molecule has 5 heterocycles. The van der Waals surface area contributed by atoms with Crippen LogP contribution in [0.4, 0.5) is 20.7 Å². The highest BCUT2D eigenvalue weighted by Gasteiger charge is 2.35. The number of hydrogen-bond acceptors (Lipinski definition) is 8. The highest BCUT2D eigenvalue weighted by atomic mass is 35.5. The lowest BCUT2D eigenvalue weighted by atomic mass is 9.94. The SMILES string of the molecule is CCc1cc(Nc2nccn3c(-c4ccc(Cl)nc4F)cnc23)ccc1C(=O)NCC1CCN(CC2CN(C(=O)OC(C)(C)C)C2)CC1. The predicted octanol–water partition coefficient (Wildman–Crippen LogP) is 6.20. The molecular weight excluding hydrogens is 635 g/mol. The van der Waals surface area contributed by atoms with Crippen LogP contribution >= 0.6 is 11.6 Å². The minimum absolute atomic E-state index is 0.0748. The number of carbonyl (C=O) groups is 2. The highest BCUT2D eigenvalue weighted by molar-refractivity contribution is 6.29. The van der Waals surface area contributed by atoms with Gasteiger partial charge in [-0.3, -0.25) is 9.20 Å². The predicted molar refractivity (Wildman–Crippen MR) is 183 cm³/mol. The van der Waals surface area contributed by atoms with Crippen molar-refractivity contribution in [2.75, 3.05) is 44.6 Å². The monoisotopic (exact) mass is 676 g/mol. The highest BCUT2D eigenvalue weighted by Crippen LogP contribution is 2.28. The third kappa shape index (κ3) is 7.71. The molecule has 48 heavy (non-hydrogen) atoms. The number of halogens is 2. The molecule has 3 aromatic heterocycles. The van der Waals surface area contributed by atoms with Gasteiger partial charge in [0.1, 0.15) is 10.8 Å². The van der Waals surface area contributed by atoms with Gasteiger partial charge in [0.05, 0.1) is 17.5 Å². The van der Waals surface area contributed by atoms with Gasteiger partial charge < -0.3 is 25.2 Å². The molecular formula is C35H42ClFN8O3. The van der Waals surface area contributed by atoms with Gasteiger partial charge in [-0.1, -0.05) is 18.5 Å². The van der Waals surface area contributed by atoms with Crippen molar-refractivity contribution in [1.29, 1.82) is 0 Å². The molecule has 0 radical (unpaired) electrons. The molecule has 2 fully saturated rings. The third-order valence-electron chi connectivity index (χ3n) is 8.90. The molecule has 0 bridgehead atoms. The number of aryl methyl sites for hydroxylation is 1. The normalized spacial score (nSPS) is 16.2. The van der Waals surface area contributed by atoms with Crippen LogP contribution in [0.15, 0.2) is 48.9 Å². The Balaban J connectivity index is 1.00. The van der Waals surface area contributed by atoms with Crippen LogP contribution in [0.1, 0.15) is 56.5 Å². The molecule has 0 saturated carbocycles. The number of pyridine rings is 1. The van der Waals surface area contributed by atoms with Crippen LogP contribution in [-0.2, 0) is 11.2 Å². The van der Waals surface area contributed by atoms with Gasteiger partial charge in [0.25, 0.3) is 5.91 Å². The number of nitrogens with one attached hydrogen (secondary N) is 2. The first-order valence-electron chi connectivity index (χ1n) is 16.5. The minimum atomic E-state index is -0.680. The van der Waals surface area contributed by atoms with Gasteiger partial charge in [-0.2, -0.15) is 4.39 Å². The number of benzene rings is 1. The lowest BCUT2D eigenvalue weighted by Crippen LogP contribution is -2.55. The summed E-state index contributed by atoms with van der Waals surface area (Å²) in [5.74, 6) is 0.653. The fourth-order valence-electron chi connectivity index (χ4n) is 6.36. The number of amides is 2. The van der Waals surface area contributed by atoms with Crippen molar-refractivity contribution < 1.29 is 18.7 Å². The number of fused-ring (bicyclic) bond motifs is 1. The number of piperidine rings is 1. The minimum Gasteiger partial charge on any atom is -0.444 e. The van der Waals surface area contributed by atoms with E-state index in [1.54, 1.807) is 34.0 Å². The molecule has 0 spiro atoms. The van der Waals surface area contributed by atoms with Gasteiger partial charge >= 0.3 is 6.09 Å². The number of nitrogens with zero attached hydrogens (tertiary/aromatic N) is 6. The van der Waals surface area contributed by atoms with Crippen LogP contribution in [-0.4, -0.2) is 86.0 Å². The smallest absolute Gasteiger partial charge is 0.410 e. The number of hydrogen-bond donors (Lipinski definition) is 2. The summed E-state index contributed by atoms with van der Waals surface area (Å²) in [7, 11) is 0. The Bertz CT molecular complexity index is 1790. The second-order valence-electron chi connectivity index (χ2n) is 13.6. The summed E-state index contributed by atoms with van der Waals surface area (Å²) in [4.78, 5) is 42.4. The topological polar surface area (TPSA) is 117 Å². The Morgan fingerprint density at radius 1 is 1.08 bits per heavy atom. The van der Waals surface area contributed by atoms with E-state index in [9.17, 15) is 14.0 Å². The van der Waals surface area contributed by atoms with Crippen LogP contribution in [0, 0.1) is 17.8 Å². The summed E-state index contributed by atoms with van der Waals surface area (Å²) in [6.45, 7) is 12.8. The van der Waals surface area contributed by atoms with Crippen molar-refractivity contribution in [2.24, 2.45) is 11.8 Å². The van der Waals surface area contributed by atoms with Crippen molar-refractivity contribution in [1.82, 2.24) is 34.5 Å². The number of ether oxygens (including phenoxy) is 1. The molecule has 2 aliphatic heterocycles. The van der Waals surface area contributed by atoms with E-state index < -0.39 is 11.5 Å². The molecule has 13 heteroatoms. The third-order valence-corrected chi connectivity index (χ3v) is 9.11. The van der Waals surface area contributed by atoms with E-state index >= 15 is 0 Å². The first-order valence-corrected chi connectivity index (χ1v) is 16.9. The number of anilines is 2. The van der Waals surface area contributed by atoms with Crippen LogP contribution in [0.25, 0.3) is 16.9 Å². The molecule has 2 saturated heterocycles. The van der Waals surface area contributed by atoms with E-state index in [0.29, 0.717) is 47.5 Å². The number of aromatic nitrogens is 4. The first kappa shape index (κ1) is 33.6. The van der Waals surface area contributed by atoms with Gasteiger partial charge in [0, 0.05) is 55.7 Å². The molecule has 2 N–H and O–H groups in total. The molecule has 254 valence electrons. The molecule has 1 aromatic carbocycles. The standard InChI is InChI=1S/C35H42ClFN8O3/c1-5-24-16-25(41-31-32-39-18-28(45(32)15-12-38-31)27-8-9-29(36)42-30(27)37)6-7-26(24)33(46)40-17-22-10-13-43(14-11-22)19-23-20-44(21-23)34(47)48-35(2,3)4/h6-9,12,15-16,18,22-23H,5,10-11,13-14,17,19-21H2,1-4H3,(H,38,41)(H,40,46). The maximum absolute atomic E-state index is 14.6. The summed E-state index contributed by atoms with van der Waals surface area (Å²) in [6, 6.07) is 8.75. The van der Waals surface area contributed by atoms with E-state index in [0.717, 1.165) is 56.8 Å². The van der Waals surface area contributed by atoms with Gasteiger partial charge in [-0.15, -0.1) is 0 Å². The molecule has 6 rings (SSSR count). The second-order valence-corrected chi connectivity index (χ2v) is 14.0. The molecule has 2 aliphatic rings. The van der Waals surface area contributed by atoms with Crippen molar-refractivity contribution in [3.05, 3.63) is 71.2 Å². The number of carbonyl (C=O) groups excluding carboxylic acids is 2. The zero-order valence-corrected chi connectivity index (χ0v) is 28.6.